The van der Waals surface area contributed by atoms with Crippen molar-refractivity contribution in [2.45, 2.75) is 58.6 Å². The van der Waals surface area contributed by atoms with Gasteiger partial charge in [0.05, 0.1) is 7.11 Å². The lowest BCUT2D eigenvalue weighted by molar-refractivity contribution is -0.143. The number of esters is 1. The van der Waals surface area contributed by atoms with E-state index in [4.69, 9.17) is 4.74 Å². The van der Waals surface area contributed by atoms with E-state index in [1.54, 1.807) is 20.8 Å². The first-order valence-corrected chi connectivity index (χ1v) is 6.97. The molecule has 2 N–H and O–H groups in total. The fourth-order valence-electron chi connectivity index (χ4n) is 1.58. The van der Waals surface area contributed by atoms with Crippen molar-refractivity contribution < 1.29 is 23.9 Å². The first-order valence-electron chi connectivity index (χ1n) is 6.97. The summed E-state index contributed by atoms with van der Waals surface area (Å²) in [5, 5.41) is 5.17. The average Bonchev–Trinajstić information content (AvgIpc) is 2.33. The molecule has 0 aromatic heterocycles. The van der Waals surface area contributed by atoms with Crippen LogP contribution in [0.3, 0.4) is 0 Å². The number of carbonyl (C=O) groups excluding carboxylic acids is 3. The van der Waals surface area contributed by atoms with Crippen LogP contribution in [0.25, 0.3) is 0 Å². The summed E-state index contributed by atoms with van der Waals surface area (Å²) < 4.78 is 9.77. The molecule has 7 heteroatoms. The predicted octanol–water partition coefficient (Wildman–Crippen LogP) is 1.36. The average molecular weight is 302 g/mol. The lowest BCUT2D eigenvalue weighted by Gasteiger charge is -2.22. The largest absolute Gasteiger partial charge is 0.467 e. The molecule has 21 heavy (non-hydrogen) atoms. The van der Waals surface area contributed by atoms with Crippen molar-refractivity contribution in [2.24, 2.45) is 0 Å². The number of methoxy groups -OCH3 is 1. The van der Waals surface area contributed by atoms with Crippen LogP contribution in [0.5, 0.6) is 0 Å². The summed E-state index contributed by atoms with van der Waals surface area (Å²) in [6.45, 7) is 7.21. The van der Waals surface area contributed by atoms with E-state index >= 15 is 0 Å². The zero-order chi connectivity index (χ0) is 16.5. The highest BCUT2D eigenvalue weighted by Crippen LogP contribution is 2.08. The minimum atomic E-state index is -0.748. The predicted molar refractivity (Wildman–Crippen MR) is 77.7 cm³/mol. The van der Waals surface area contributed by atoms with Crippen LogP contribution in [0.4, 0.5) is 4.79 Å². The maximum Gasteiger partial charge on any atom is 0.408 e. The molecule has 0 rings (SSSR count). The van der Waals surface area contributed by atoms with E-state index in [1.165, 1.54) is 14.0 Å². The molecule has 0 radical (unpaired) electrons. The molecule has 0 bridgehead atoms. The number of hydrogen-bond donors (Lipinski definition) is 2. The highest BCUT2D eigenvalue weighted by Gasteiger charge is 2.24. The van der Waals surface area contributed by atoms with Crippen molar-refractivity contribution in [3.63, 3.8) is 0 Å². The third kappa shape index (κ3) is 10.6. The van der Waals surface area contributed by atoms with E-state index in [1.807, 2.05) is 0 Å². The van der Waals surface area contributed by atoms with E-state index in [2.05, 4.69) is 15.4 Å². The van der Waals surface area contributed by atoms with Gasteiger partial charge < -0.3 is 20.1 Å². The van der Waals surface area contributed by atoms with Crippen molar-refractivity contribution in [3.8, 4) is 0 Å². The van der Waals surface area contributed by atoms with Gasteiger partial charge in [-0.25, -0.2) is 9.59 Å². The first kappa shape index (κ1) is 19.2. The molecule has 0 aliphatic heterocycles. The van der Waals surface area contributed by atoms with Crippen molar-refractivity contribution >= 4 is 18.0 Å². The van der Waals surface area contributed by atoms with Crippen LogP contribution in [0.15, 0.2) is 0 Å². The Morgan fingerprint density at radius 3 is 2.24 bits per heavy atom. The lowest BCUT2D eigenvalue weighted by atomic mass is 10.1. The van der Waals surface area contributed by atoms with Gasteiger partial charge >= 0.3 is 12.1 Å². The molecule has 0 spiro atoms. The smallest absolute Gasteiger partial charge is 0.408 e. The molecule has 0 unspecified atom stereocenters. The number of hydrogen-bond acceptors (Lipinski definition) is 5. The number of carbonyl (C=O) groups is 3. The molecule has 0 aliphatic carbocycles. The third-order valence-electron chi connectivity index (χ3n) is 2.47. The Bertz CT molecular complexity index is 363. The third-order valence-corrected chi connectivity index (χ3v) is 2.47. The van der Waals surface area contributed by atoms with Gasteiger partial charge in [-0.1, -0.05) is 0 Å². The van der Waals surface area contributed by atoms with Gasteiger partial charge in [0, 0.05) is 13.5 Å². The Hall–Kier alpha value is -1.79. The number of rotatable bonds is 7. The van der Waals surface area contributed by atoms with Crippen LogP contribution >= 0.6 is 0 Å². The van der Waals surface area contributed by atoms with Crippen LogP contribution in [0.2, 0.25) is 0 Å². The van der Waals surface area contributed by atoms with E-state index in [0.29, 0.717) is 25.8 Å². The fourth-order valence-corrected chi connectivity index (χ4v) is 1.58. The normalized spacial score (nSPS) is 12.2. The van der Waals surface area contributed by atoms with Gasteiger partial charge in [0.25, 0.3) is 0 Å². The van der Waals surface area contributed by atoms with Crippen LogP contribution in [-0.2, 0) is 19.1 Å². The standard InChI is InChI=1S/C14H26N2O5/c1-10(17)15-9-7-6-8-11(12(18)20-5)16-13(19)21-14(2,3)4/h11H,6-9H2,1-5H3,(H,15,17)(H,16,19)/t11-/m0/s1. The minimum absolute atomic E-state index is 0.0913. The summed E-state index contributed by atoms with van der Waals surface area (Å²) in [6, 6.07) is -0.748. The number of amides is 2. The van der Waals surface area contributed by atoms with Gasteiger partial charge in [-0.3, -0.25) is 4.79 Å². The molecule has 7 nitrogen and oxygen atoms in total. The quantitative estimate of drug-likeness (QED) is 0.547. The Balaban J connectivity index is 4.24. The maximum absolute atomic E-state index is 11.7. The molecule has 0 aromatic rings. The highest BCUT2D eigenvalue weighted by molar-refractivity contribution is 5.81. The minimum Gasteiger partial charge on any atom is -0.467 e. The Labute approximate surface area is 125 Å². The molecular weight excluding hydrogens is 276 g/mol. The van der Waals surface area contributed by atoms with Gasteiger partial charge in [0.1, 0.15) is 11.6 Å². The molecular formula is C14H26N2O5. The molecule has 0 heterocycles. The van der Waals surface area contributed by atoms with E-state index in [9.17, 15) is 14.4 Å². The SMILES string of the molecule is COC(=O)[C@H](CCCCNC(C)=O)NC(=O)OC(C)(C)C. The van der Waals surface area contributed by atoms with Gasteiger partial charge in [-0.15, -0.1) is 0 Å². The lowest BCUT2D eigenvalue weighted by Crippen LogP contribution is -2.44. The molecule has 0 fully saturated rings. The van der Waals surface area contributed by atoms with Gasteiger partial charge in [0.2, 0.25) is 5.91 Å². The van der Waals surface area contributed by atoms with Crippen molar-refractivity contribution in [2.75, 3.05) is 13.7 Å². The van der Waals surface area contributed by atoms with E-state index in [-0.39, 0.29) is 5.91 Å². The molecule has 0 aliphatic rings. The Morgan fingerprint density at radius 2 is 1.76 bits per heavy atom. The zero-order valence-electron chi connectivity index (χ0n) is 13.4. The number of unbranched alkanes of at least 4 members (excludes halogenated alkanes) is 1. The number of nitrogens with one attached hydrogen (secondary N) is 2. The summed E-state index contributed by atoms with van der Waals surface area (Å²) in [4.78, 5) is 34.0. The summed E-state index contributed by atoms with van der Waals surface area (Å²) in [5.74, 6) is -0.605. The summed E-state index contributed by atoms with van der Waals surface area (Å²) >= 11 is 0. The molecule has 2 amide bonds. The van der Waals surface area contributed by atoms with Crippen LogP contribution < -0.4 is 10.6 Å². The summed E-state index contributed by atoms with van der Waals surface area (Å²) in [6.07, 6.45) is 1.14. The van der Waals surface area contributed by atoms with Crippen molar-refractivity contribution in [3.05, 3.63) is 0 Å². The maximum atomic E-state index is 11.7. The Morgan fingerprint density at radius 1 is 1.14 bits per heavy atom. The van der Waals surface area contributed by atoms with Crippen LogP contribution in [0.1, 0.15) is 47.0 Å². The first-order chi connectivity index (χ1) is 9.65. The van der Waals surface area contributed by atoms with Gasteiger partial charge in [-0.05, 0) is 40.0 Å². The fraction of sp³-hybridized carbons (Fsp3) is 0.786. The van der Waals surface area contributed by atoms with Crippen molar-refractivity contribution in [1.82, 2.24) is 10.6 Å². The van der Waals surface area contributed by atoms with Gasteiger partial charge in [-0.2, -0.15) is 0 Å². The number of alkyl carbamates (subject to hydrolysis) is 1. The molecule has 0 aromatic carbocycles. The summed E-state index contributed by atoms with van der Waals surface area (Å²) in [7, 11) is 1.27. The van der Waals surface area contributed by atoms with Gasteiger partial charge in [0.15, 0.2) is 0 Å². The second-order valence-electron chi connectivity index (χ2n) is 5.70. The molecule has 122 valence electrons. The van der Waals surface area contributed by atoms with E-state index < -0.39 is 23.7 Å². The Kier molecular flexibility index (Phi) is 8.42. The second kappa shape index (κ2) is 9.20. The zero-order valence-corrected chi connectivity index (χ0v) is 13.4. The number of ether oxygens (including phenoxy) is 2. The highest BCUT2D eigenvalue weighted by atomic mass is 16.6. The topological polar surface area (TPSA) is 93.7 Å². The monoisotopic (exact) mass is 302 g/mol. The second-order valence-corrected chi connectivity index (χ2v) is 5.70. The molecule has 0 saturated carbocycles. The van der Waals surface area contributed by atoms with E-state index in [0.717, 1.165) is 0 Å². The summed E-state index contributed by atoms with van der Waals surface area (Å²) in [5.41, 5.74) is -0.629. The van der Waals surface area contributed by atoms with Crippen molar-refractivity contribution in [1.29, 1.82) is 0 Å². The molecule has 0 saturated heterocycles. The van der Waals surface area contributed by atoms with Crippen LogP contribution in [-0.4, -0.2) is 43.3 Å². The van der Waals surface area contributed by atoms with Crippen LogP contribution in [0, 0.1) is 0 Å². The molecule has 1 atom stereocenters.